The van der Waals surface area contributed by atoms with E-state index in [9.17, 15) is 4.79 Å². The summed E-state index contributed by atoms with van der Waals surface area (Å²) in [6.07, 6.45) is 5.81. The molecule has 0 N–H and O–H groups in total. The number of carbonyl (C=O) groups excluding carboxylic acids is 1. The van der Waals surface area contributed by atoms with Gasteiger partial charge in [0.2, 0.25) is 0 Å². The lowest BCUT2D eigenvalue weighted by Crippen LogP contribution is -1.89. The van der Waals surface area contributed by atoms with Gasteiger partial charge >= 0.3 is 0 Å². The van der Waals surface area contributed by atoms with Gasteiger partial charge in [0.05, 0.1) is 0 Å². The lowest BCUT2D eigenvalue weighted by Gasteiger charge is -1.95. The Balaban J connectivity index is 2.43. The maximum atomic E-state index is 10.3. The molecule has 0 bridgehead atoms. The van der Waals surface area contributed by atoms with E-state index in [4.69, 9.17) is 0 Å². The highest BCUT2D eigenvalue weighted by molar-refractivity contribution is 5.55. The van der Waals surface area contributed by atoms with Gasteiger partial charge in [-0.05, 0) is 12.0 Å². The number of allylic oxidation sites excluding steroid dienone is 2. The number of hydrogen-bond acceptors (Lipinski definition) is 1. The second kappa shape index (κ2) is 5.31. The van der Waals surface area contributed by atoms with Crippen LogP contribution in [0, 0.1) is 5.92 Å². The van der Waals surface area contributed by atoms with Crippen LogP contribution in [0.4, 0.5) is 0 Å². The molecule has 0 radical (unpaired) electrons. The van der Waals surface area contributed by atoms with Gasteiger partial charge in [-0.25, -0.2) is 0 Å². The largest absolute Gasteiger partial charge is 0.303 e. The molecule has 0 fully saturated rings. The van der Waals surface area contributed by atoms with Crippen LogP contribution in [0.5, 0.6) is 0 Å². The van der Waals surface area contributed by atoms with E-state index in [0.717, 1.165) is 12.7 Å². The summed E-state index contributed by atoms with van der Waals surface area (Å²) in [6.45, 7) is 1.88. The van der Waals surface area contributed by atoms with Gasteiger partial charge in [-0.15, -0.1) is 0 Å². The molecule has 1 nitrogen and oxygen atoms in total. The maximum absolute atomic E-state index is 10.3. The highest BCUT2D eigenvalue weighted by Crippen LogP contribution is 2.01. The molecule has 1 aromatic carbocycles. The van der Waals surface area contributed by atoms with Crippen molar-refractivity contribution in [2.45, 2.75) is 13.3 Å². The van der Waals surface area contributed by atoms with Gasteiger partial charge < -0.3 is 4.79 Å². The standard InChI is InChI=1S/C12H14O/c1-11(10-13)6-5-9-12-7-3-2-4-8-12/h2-8,10-11H,9H2,1H3/t11-/m1/s1. The molecule has 0 heterocycles. The highest BCUT2D eigenvalue weighted by Gasteiger charge is 1.90. The van der Waals surface area contributed by atoms with Crippen LogP contribution in [0.25, 0.3) is 0 Å². The van der Waals surface area contributed by atoms with Crippen LogP contribution in [0.2, 0.25) is 0 Å². The zero-order valence-corrected chi connectivity index (χ0v) is 7.81. The van der Waals surface area contributed by atoms with Crippen molar-refractivity contribution in [2.24, 2.45) is 5.92 Å². The van der Waals surface area contributed by atoms with Gasteiger partial charge in [0.1, 0.15) is 6.29 Å². The summed E-state index contributed by atoms with van der Waals surface area (Å²) in [4.78, 5) is 10.3. The molecule has 1 rings (SSSR count). The van der Waals surface area contributed by atoms with Crippen LogP contribution in [-0.2, 0) is 11.2 Å². The lowest BCUT2D eigenvalue weighted by atomic mass is 10.1. The van der Waals surface area contributed by atoms with E-state index in [0.29, 0.717) is 0 Å². The fourth-order valence-electron chi connectivity index (χ4n) is 1.08. The van der Waals surface area contributed by atoms with E-state index in [2.05, 4.69) is 12.1 Å². The summed E-state index contributed by atoms with van der Waals surface area (Å²) < 4.78 is 0. The number of rotatable bonds is 4. The summed E-state index contributed by atoms with van der Waals surface area (Å²) in [6, 6.07) is 10.2. The molecule has 0 unspecified atom stereocenters. The number of carbonyl (C=O) groups is 1. The normalized spacial score (nSPS) is 13.0. The summed E-state index contributed by atoms with van der Waals surface area (Å²) in [5.41, 5.74) is 1.27. The van der Waals surface area contributed by atoms with E-state index in [1.165, 1.54) is 5.56 Å². The first-order valence-corrected chi connectivity index (χ1v) is 4.49. The van der Waals surface area contributed by atoms with Crippen molar-refractivity contribution >= 4 is 6.29 Å². The topological polar surface area (TPSA) is 17.1 Å². The van der Waals surface area contributed by atoms with Gasteiger partial charge in [-0.1, -0.05) is 49.4 Å². The molecular weight excluding hydrogens is 160 g/mol. The first kappa shape index (κ1) is 9.72. The first-order chi connectivity index (χ1) is 6.33. The summed E-state index contributed by atoms with van der Waals surface area (Å²) in [7, 11) is 0. The molecule has 0 aliphatic carbocycles. The lowest BCUT2D eigenvalue weighted by molar-refractivity contribution is -0.109. The molecule has 1 aromatic rings. The fourth-order valence-corrected chi connectivity index (χ4v) is 1.08. The van der Waals surface area contributed by atoms with Crippen LogP contribution in [-0.4, -0.2) is 6.29 Å². The average molecular weight is 174 g/mol. The smallest absolute Gasteiger partial charge is 0.126 e. The summed E-state index contributed by atoms with van der Waals surface area (Å²) in [5.74, 6) is 0.0312. The van der Waals surface area contributed by atoms with Crippen LogP contribution in [0.3, 0.4) is 0 Å². The molecule has 0 aliphatic heterocycles. The number of hydrogen-bond donors (Lipinski definition) is 0. The Morgan fingerprint density at radius 1 is 1.31 bits per heavy atom. The van der Waals surface area contributed by atoms with Crippen molar-refractivity contribution in [3.8, 4) is 0 Å². The van der Waals surface area contributed by atoms with Crippen molar-refractivity contribution in [3.63, 3.8) is 0 Å². The third kappa shape index (κ3) is 3.70. The van der Waals surface area contributed by atoms with Gasteiger partial charge in [-0.3, -0.25) is 0 Å². The maximum Gasteiger partial charge on any atom is 0.126 e. The van der Waals surface area contributed by atoms with Gasteiger partial charge in [0, 0.05) is 5.92 Å². The molecule has 0 aliphatic rings. The van der Waals surface area contributed by atoms with Crippen molar-refractivity contribution in [2.75, 3.05) is 0 Å². The highest BCUT2D eigenvalue weighted by atomic mass is 16.1. The Kier molecular flexibility index (Phi) is 3.97. The van der Waals surface area contributed by atoms with E-state index in [-0.39, 0.29) is 5.92 Å². The predicted molar refractivity (Wildman–Crippen MR) is 54.5 cm³/mol. The van der Waals surface area contributed by atoms with Crippen LogP contribution >= 0.6 is 0 Å². The Bertz CT molecular complexity index is 274. The SMILES string of the molecule is C[C@@H](C=O)C=CCc1ccccc1. The minimum absolute atomic E-state index is 0.0312. The molecule has 1 heteroatoms. The first-order valence-electron chi connectivity index (χ1n) is 4.49. The quantitative estimate of drug-likeness (QED) is 0.506. The Labute approximate surface area is 79.1 Å². The Hall–Kier alpha value is -1.37. The zero-order chi connectivity index (χ0) is 9.52. The number of benzene rings is 1. The van der Waals surface area contributed by atoms with Crippen molar-refractivity contribution in [1.82, 2.24) is 0 Å². The molecule has 0 spiro atoms. The number of aldehydes is 1. The fraction of sp³-hybridized carbons (Fsp3) is 0.250. The second-order valence-corrected chi connectivity index (χ2v) is 3.11. The Morgan fingerprint density at radius 2 is 2.00 bits per heavy atom. The van der Waals surface area contributed by atoms with Crippen molar-refractivity contribution in [1.29, 1.82) is 0 Å². The molecule has 0 amide bonds. The third-order valence-corrected chi connectivity index (χ3v) is 1.85. The molecular formula is C12H14O. The summed E-state index contributed by atoms with van der Waals surface area (Å²) >= 11 is 0. The van der Waals surface area contributed by atoms with Gasteiger partial charge in [-0.2, -0.15) is 0 Å². The van der Waals surface area contributed by atoms with Crippen LogP contribution < -0.4 is 0 Å². The van der Waals surface area contributed by atoms with Crippen LogP contribution in [0.15, 0.2) is 42.5 Å². The molecule has 0 saturated carbocycles. The average Bonchev–Trinajstić information content (AvgIpc) is 2.19. The van der Waals surface area contributed by atoms with E-state index in [1.54, 1.807) is 0 Å². The van der Waals surface area contributed by atoms with Crippen molar-refractivity contribution in [3.05, 3.63) is 48.0 Å². The molecule has 0 aromatic heterocycles. The predicted octanol–water partition coefficient (Wildman–Crippen LogP) is 2.62. The van der Waals surface area contributed by atoms with E-state index < -0.39 is 0 Å². The van der Waals surface area contributed by atoms with Gasteiger partial charge in [0.15, 0.2) is 0 Å². The minimum Gasteiger partial charge on any atom is -0.303 e. The summed E-state index contributed by atoms with van der Waals surface area (Å²) in [5, 5.41) is 0. The molecule has 68 valence electrons. The van der Waals surface area contributed by atoms with Crippen LogP contribution in [0.1, 0.15) is 12.5 Å². The molecule has 13 heavy (non-hydrogen) atoms. The van der Waals surface area contributed by atoms with E-state index >= 15 is 0 Å². The van der Waals surface area contributed by atoms with Gasteiger partial charge in [0.25, 0.3) is 0 Å². The van der Waals surface area contributed by atoms with E-state index in [1.807, 2.05) is 37.3 Å². The van der Waals surface area contributed by atoms with Crippen molar-refractivity contribution < 1.29 is 4.79 Å². The monoisotopic (exact) mass is 174 g/mol. The molecule has 1 atom stereocenters. The second-order valence-electron chi connectivity index (χ2n) is 3.11. The Morgan fingerprint density at radius 3 is 2.62 bits per heavy atom. The minimum atomic E-state index is 0.0312. The zero-order valence-electron chi connectivity index (χ0n) is 7.81. The third-order valence-electron chi connectivity index (χ3n) is 1.85. The molecule has 0 saturated heterocycles.